The predicted molar refractivity (Wildman–Crippen MR) is 95.5 cm³/mol. The number of para-hydroxylation sites is 1. The number of nitrogens with zero attached hydrogens (tertiary/aromatic N) is 2. The second kappa shape index (κ2) is 6.76. The highest BCUT2D eigenvalue weighted by Crippen LogP contribution is 2.20. The fourth-order valence-electron chi connectivity index (χ4n) is 2.55. The molecule has 128 valence electrons. The number of rotatable bonds is 3. The van der Waals surface area contributed by atoms with Gasteiger partial charge in [-0.1, -0.05) is 35.9 Å². The third kappa shape index (κ3) is 3.52. The first-order chi connectivity index (χ1) is 12.0. The lowest BCUT2D eigenvalue weighted by Gasteiger charge is -2.30. The van der Waals surface area contributed by atoms with Crippen LogP contribution in [0, 0.1) is 13.8 Å². The molecule has 0 aliphatic carbocycles. The fourth-order valence-corrected chi connectivity index (χ4v) is 2.55. The molecule has 0 saturated carbocycles. The van der Waals surface area contributed by atoms with Gasteiger partial charge in [-0.15, -0.1) is 0 Å². The first-order valence-electron chi connectivity index (χ1n) is 7.98. The standard InChI is InChI=1S/C19H19N3O3/c1-12-9-10-16(13(2)11-12)25-19(24)17-20-14(3)18(23)22(21-17)15-7-5-4-6-8-15/h4-11,14H,1-3H3,(H,20,21). The summed E-state index contributed by atoms with van der Waals surface area (Å²) in [5, 5.41) is 1.32. The van der Waals surface area contributed by atoms with Crippen LogP contribution in [0.25, 0.3) is 0 Å². The van der Waals surface area contributed by atoms with Crippen molar-refractivity contribution in [2.45, 2.75) is 26.8 Å². The van der Waals surface area contributed by atoms with Crippen molar-refractivity contribution in [1.29, 1.82) is 0 Å². The van der Waals surface area contributed by atoms with Crippen LogP contribution in [-0.2, 0) is 9.59 Å². The van der Waals surface area contributed by atoms with E-state index in [1.807, 2.05) is 44.2 Å². The molecule has 1 N–H and O–H groups in total. The Balaban J connectivity index is 1.82. The van der Waals surface area contributed by atoms with Gasteiger partial charge in [0.05, 0.1) is 5.69 Å². The summed E-state index contributed by atoms with van der Waals surface area (Å²) < 4.78 is 5.44. The molecule has 2 aromatic carbocycles. The quantitative estimate of drug-likeness (QED) is 0.690. The van der Waals surface area contributed by atoms with Crippen molar-refractivity contribution in [3.63, 3.8) is 0 Å². The van der Waals surface area contributed by atoms with Crippen LogP contribution in [0.1, 0.15) is 18.1 Å². The maximum absolute atomic E-state index is 12.5. The molecule has 25 heavy (non-hydrogen) atoms. The van der Waals surface area contributed by atoms with Crippen LogP contribution in [0.3, 0.4) is 0 Å². The molecular formula is C19H19N3O3. The van der Waals surface area contributed by atoms with E-state index in [2.05, 4.69) is 10.4 Å². The van der Waals surface area contributed by atoms with E-state index < -0.39 is 12.0 Å². The van der Waals surface area contributed by atoms with Crippen LogP contribution in [0.2, 0.25) is 0 Å². The molecule has 1 aliphatic rings. The number of nitrogens with one attached hydrogen (secondary N) is 1. The Labute approximate surface area is 146 Å². The molecule has 1 amide bonds. The predicted octanol–water partition coefficient (Wildman–Crippen LogP) is 2.55. The number of aliphatic imine (C=N–C) groups is 1. The van der Waals surface area contributed by atoms with Gasteiger partial charge in [0.15, 0.2) is 0 Å². The normalized spacial score (nSPS) is 16.9. The zero-order chi connectivity index (χ0) is 18.0. The van der Waals surface area contributed by atoms with Gasteiger partial charge in [0, 0.05) is 0 Å². The minimum Gasteiger partial charge on any atom is -0.420 e. The maximum Gasteiger partial charge on any atom is 0.380 e. The number of hydrazine groups is 1. The minimum atomic E-state index is -0.678. The molecule has 6 nitrogen and oxygen atoms in total. The second-order valence-corrected chi connectivity index (χ2v) is 5.93. The minimum absolute atomic E-state index is 0.00377. The molecule has 0 aromatic heterocycles. The number of carbonyl (C=O) groups is 2. The van der Waals surface area contributed by atoms with E-state index in [1.54, 1.807) is 25.1 Å². The Bertz CT molecular complexity index is 846. The highest BCUT2D eigenvalue weighted by molar-refractivity contribution is 6.37. The molecule has 0 fully saturated rings. The summed E-state index contributed by atoms with van der Waals surface area (Å²) in [4.78, 5) is 29.0. The molecule has 1 unspecified atom stereocenters. The van der Waals surface area contributed by atoms with E-state index >= 15 is 0 Å². The molecular weight excluding hydrogens is 318 g/mol. The lowest BCUT2D eigenvalue weighted by Crippen LogP contribution is -2.56. The Morgan fingerprint density at radius 2 is 1.88 bits per heavy atom. The topological polar surface area (TPSA) is 71.0 Å². The Kier molecular flexibility index (Phi) is 4.52. The zero-order valence-corrected chi connectivity index (χ0v) is 14.3. The SMILES string of the molecule is Cc1ccc(OC(=O)C2=NC(C)C(=O)N(c3ccccc3)N2)c(C)c1. The van der Waals surface area contributed by atoms with E-state index in [0.717, 1.165) is 11.1 Å². The van der Waals surface area contributed by atoms with Crippen LogP contribution in [0.15, 0.2) is 53.5 Å². The number of anilines is 1. The molecule has 2 aromatic rings. The first-order valence-corrected chi connectivity index (χ1v) is 7.98. The lowest BCUT2D eigenvalue weighted by molar-refractivity contribution is -0.127. The zero-order valence-electron chi connectivity index (χ0n) is 14.3. The molecule has 6 heteroatoms. The molecule has 1 atom stereocenters. The number of hydrogen-bond acceptors (Lipinski definition) is 5. The Hall–Kier alpha value is -3.15. The molecule has 1 heterocycles. The van der Waals surface area contributed by atoms with E-state index in [0.29, 0.717) is 11.4 Å². The van der Waals surface area contributed by atoms with Gasteiger partial charge in [0.1, 0.15) is 11.8 Å². The van der Waals surface area contributed by atoms with Gasteiger partial charge in [-0.3, -0.25) is 10.2 Å². The van der Waals surface area contributed by atoms with E-state index in [-0.39, 0.29) is 11.7 Å². The number of benzene rings is 2. The second-order valence-electron chi connectivity index (χ2n) is 5.93. The van der Waals surface area contributed by atoms with Crippen LogP contribution < -0.4 is 15.2 Å². The van der Waals surface area contributed by atoms with E-state index in [4.69, 9.17) is 4.74 Å². The fraction of sp³-hybridized carbons (Fsp3) is 0.211. The third-order valence-electron chi connectivity index (χ3n) is 3.86. The smallest absolute Gasteiger partial charge is 0.380 e. The Morgan fingerprint density at radius 3 is 2.56 bits per heavy atom. The van der Waals surface area contributed by atoms with Crippen molar-refractivity contribution < 1.29 is 14.3 Å². The van der Waals surface area contributed by atoms with Gasteiger partial charge >= 0.3 is 5.97 Å². The average Bonchev–Trinajstić information content (AvgIpc) is 2.60. The number of carbonyl (C=O) groups excluding carboxylic acids is 2. The summed E-state index contributed by atoms with van der Waals surface area (Å²) in [6, 6.07) is 13.9. The molecule has 0 spiro atoms. The summed E-state index contributed by atoms with van der Waals surface area (Å²) in [5.74, 6) is -0.409. The van der Waals surface area contributed by atoms with Crippen molar-refractivity contribution in [3.8, 4) is 5.75 Å². The molecule has 0 saturated heterocycles. The molecule has 3 rings (SSSR count). The number of amidine groups is 1. The summed E-state index contributed by atoms with van der Waals surface area (Å²) >= 11 is 0. The van der Waals surface area contributed by atoms with Crippen LogP contribution >= 0.6 is 0 Å². The van der Waals surface area contributed by atoms with Crippen molar-refractivity contribution in [2.24, 2.45) is 4.99 Å². The van der Waals surface area contributed by atoms with Gasteiger partial charge in [-0.25, -0.2) is 14.8 Å². The van der Waals surface area contributed by atoms with Gasteiger partial charge in [0.25, 0.3) is 5.91 Å². The molecule has 0 bridgehead atoms. The van der Waals surface area contributed by atoms with Crippen molar-refractivity contribution in [2.75, 3.05) is 5.01 Å². The first kappa shape index (κ1) is 16.7. The lowest BCUT2D eigenvalue weighted by atomic mass is 10.1. The van der Waals surface area contributed by atoms with Gasteiger partial charge in [-0.05, 0) is 44.5 Å². The van der Waals surface area contributed by atoms with Crippen LogP contribution in [0.5, 0.6) is 5.75 Å². The summed E-state index contributed by atoms with van der Waals surface area (Å²) in [6.07, 6.45) is 0. The van der Waals surface area contributed by atoms with Crippen molar-refractivity contribution in [3.05, 3.63) is 59.7 Å². The monoisotopic (exact) mass is 337 g/mol. The van der Waals surface area contributed by atoms with Crippen molar-refractivity contribution in [1.82, 2.24) is 5.43 Å². The molecule has 1 aliphatic heterocycles. The average molecular weight is 337 g/mol. The van der Waals surface area contributed by atoms with Crippen LogP contribution in [0.4, 0.5) is 5.69 Å². The summed E-state index contributed by atoms with van der Waals surface area (Å²) in [6.45, 7) is 5.48. The highest BCUT2D eigenvalue weighted by Gasteiger charge is 2.31. The largest absolute Gasteiger partial charge is 0.420 e. The number of ether oxygens (including phenoxy) is 1. The van der Waals surface area contributed by atoms with Crippen molar-refractivity contribution >= 4 is 23.4 Å². The summed E-state index contributed by atoms with van der Waals surface area (Å²) in [5.41, 5.74) is 5.33. The number of hydrogen-bond donors (Lipinski definition) is 1. The third-order valence-corrected chi connectivity index (χ3v) is 3.86. The Morgan fingerprint density at radius 1 is 1.16 bits per heavy atom. The van der Waals surface area contributed by atoms with Gasteiger partial charge in [-0.2, -0.15) is 0 Å². The number of amides is 1. The van der Waals surface area contributed by atoms with E-state index in [9.17, 15) is 9.59 Å². The van der Waals surface area contributed by atoms with E-state index in [1.165, 1.54) is 5.01 Å². The van der Waals surface area contributed by atoms with Gasteiger partial charge in [0.2, 0.25) is 5.84 Å². The van der Waals surface area contributed by atoms with Crippen LogP contribution in [-0.4, -0.2) is 23.8 Å². The summed E-state index contributed by atoms with van der Waals surface area (Å²) in [7, 11) is 0. The number of aryl methyl sites for hydroxylation is 2. The number of esters is 1. The highest BCUT2D eigenvalue weighted by atomic mass is 16.5. The molecule has 0 radical (unpaired) electrons. The van der Waals surface area contributed by atoms with Gasteiger partial charge < -0.3 is 4.74 Å². The maximum atomic E-state index is 12.5.